The Kier molecular flexibility index (Phi) is 6.62. The van der Waals surface area contributed by atoms with Gasteiger partial charge < -0.3 is 13.9 Å². The molecule has 37 heavy (non-hydrogen) atoms. The first kappa shape index (κ1) is 24.5. The third kappa shape index (κ3) is 4.65. The number of nitrogens with zero attached hydrogens (tertiary/aromatic N) is 2. The lowest BCUT2D eigenvalue weighted by Gasteiger charge is -2.24. The van der Waals surface area contributed by atoms with Gasteiger partial charge in [-0.3, -0.25) is 9.36 Å². The van der Waals surface area contributed by atoms with E-state index in [4.69, 9.17) is 13.9 Å². The van der Waals surface area contributed by atoms with Crippen LogP contribution in [-0.4, -0.2) is 24.3 Å². The summed E-state index contributed by atoms with van der Waals surface area (Å²) in [5.41, 5.74) is 1.93. The molecule has 4 aromatic rings. The van der Waals surface area contributed by atoms with Crippen molar-refractivity contribution in [1.82, 2.24) is 4.57 Å². The lowest BCUT2D eigenvalue weighted by atomic mass is 9.96. The van der Waals surface area contributed by atoms with E-state index in [1.54, 1.807) is 63.4 Å². The number of hydrogen-bond acceptors (Lipinski definition) is 7. The molecule has 2 aromatic carbocycles. The predicted molar refractivity (Wildman–Crippen MR) is 137 cm³/mol. The van der Waals surface area contributed by atoms with Crippen LogP contribution in [-0.2, 0) is 9.53 Å². The number of esters is 1. The number of halogens is 1. The number of ether oxygens (including phenoxy) is 2. The monoisotopic (exact) mass is 518 g/mol. The van der Waals surface area contributed by atoms with Gasteiger partial charge in [-0.25, -0.2) is 14.2 Å². The Morgan fingerprint density at radius 3 is 2.54 bits per heavy atom. The molecule has 0 radical (unpaired) electrons. The molecule has 1 aliphatic rings. The van der Waals surface area contributed by atoms with Gasteiger partial charge in [-0.1, -0.05) is 23.5 Å². The van der Waals surface area contributed by atoms with Gasteiger partial charge in [-0.15, -0.1) is 0 Å². The van der Waals surface area contributed by atoms with Crippen LogP contribution in [0.5, 0.6) is 5.75 Å². The minimum absolute atomic E-state index is 0.199. The summed E-state index contributed by atoms with van der Waals surface area (Å²) in [6.07, 6.45) is 1.64. The maximum atomic E-state index is 13.7. The lowest BCUT2D eigenvalue weighted by molar-refractivity contribution is -0.139. The normalized spacial score (nSPS) is 15.4. The highest BCUT2D eigenvalue weighted by Crippen LogP contribution is 2.31. The lowest BCUT2D eigenvalue weighted by Crippen LogP contribution is -2.39. The Morgan fingerprint density at radius 1 is 1.14 bits per heavy atom. The van der Waals surface area contributed by atoms with Gasteiger partial charge in [0.05, 0.1) is 35.6 Å². The fourth-order valence-corrected chi connectivity index (χ4v) is 5.25. The molecule has 9 heteroatoms. The van der Waals surface area contributed by atoms with E-state index in [1.807, 2.05) is 12.1 Å². The number of hydrogen-bond donors (Lipinski definition) is 0. The van der Waals surface area contributed by atoms with Gasteiger partial charge in [0.25, 0.3) is 5.56 Å². The first-order chi connectivity index (χ1) is 17.9. The van der Waals surface area contributed by atoms with Crippen molar-refractivity contribution >= 4 is 23.4 Å². The number of rotatable bonds is 6. The van der Waals surface area contributed by atoms with Crippen LogP contribution in [0.3, 0.4) is 0 Å². The summed E-state index contributed by atoms with van der Waals surface area (Å²) in [5.74, 6) is 0.821. The van der Waals surface area contributed by atoms with Crippen LogP contribution in [0.1, 0.15) is 31.2 Å². The SMILES string of the molecule is CCOC(=O)C1=C(C)N=c2s/c(=C/c3ccc(-c4ccc(F)cc4)o3)c(=O)n2C1c1ccc(OC)cc1. The molecule has 3 heterocycles. The maximum absolute atomic E-state index is 13.7. The van der Waals surface area contributed by atoms with Crippen molar-refractivity contribution < 1.29 is 23.1 Å². The molecule has 7 nitrogen and oxygen atoms in total. The quantitative estimate of drug-likeness (QED) is 0.357. The second-order valence-corrected chi connectivity index (χ2v) is 9.29. The van der Waals surface area contributed by atoms with Crippen molar-refractivity contribution in [3.05, 3.63) is 109 Å². The average Bonchev–Trinajstić information content (AvgIpc) is 3.48. The third-order valence-electron chi connectivity index (χ3n) is 5.98. The average molecular weight is 519 g/mol. The van der Waals surface area contributed by atoms with E-state index in [9.17, 15) is 14.0 Å². The second kappa shape index (κ2) is 10.0. The molecule has 0 aliphatic carbocycles. The van der Waals surface area contributed by atoms with E-state index in [0.29, 0.717) is 37.9 Å². The zero-order valence-corrected chi connectivity index (χ0v) is 21.2. The molecule has 2 aromatic heterocycles. The van der Waals surface area contributed by atoms with E-state index in [2.05, 4.69) is 4.99 Å². The summed E-state index contributed by atoms with van der Waals surface area (Å²) in [5, 5.41) is 0. The van der Waals surface area contributed by atoms with Crippen molar-refractivity contribution in [3.8, 4) is 17.1 Å². The minimum Gasteiger partial charge on any atom is -0.497 e. The topological polar surface area (TPSA) is 83.0 Å². The highest BCUT2D eigenvalue weighted by molar-refractivity contribution is 7.07. The van der Waals surface area contributed by atoms with Crippen molar-refractivity contribution in [2.75, 3.05) is 13.7 Å². The molecule has 1 unspecified atom stereocenters. The molecule has 0 saturated carbocycles. The number of carbonyl (C=O) groups is 1. The summed E-state index contributed by atoms with van der Waals surface area (Å²) in [6, 6.07) is 16.0. The van der Waals surface area contributed by atoms with E-state index in [1.165, 1.54) is 28.0 Å². The van der Waals surface area contributed by atoms with Gasteiger partial charge in [-0.2, -0.15) is 0 Å². The summed E-state index contributed by atoms with van der Waals surface area (Å²) in [6.45, 7) is 3.67. The molecule has 5 rings (SSSR count). The number of aromatic nitrogens is 1. The van der Waals surface area contributed by atoms with Crippen LogP contribution >= 0.6 is 11.3 Å². The summed E-state index contributed by atoms with van der Waals surface area (Å²) >= 11 is 1.21. The Bertz CT molecular complexity index is 1680. The summed E-state index contributed by atoms with van der Waals surface area (Å²) in [4.78, 5) is 31.7. The number of fused-ring (bicyclic) bond motifs is 1. The van der Waals surface area contributed by atoms with Crippen molar-refractivity contribution in [2.24, 2.45) is 4.99 Å². The minimum atomic E-state index is -0.713. The van der Waals surface area contributed by atoms with E-state index >= 15 is 0 Å². The van der Waals surface area contributed by atoms with Gasteiger partial charge in [0.1, 0.15) is 23.1 Å². The van der Waals surface area contributed by atoms with Crippen LogP contribution in [0.25, 0.3) is 17.4 Å². The fourth-order valence-electron chi connectivity index (χ4n) is 4.22. The van der Waals surface area contributed by atoms with E-state index < -0.39 is 12.0 Å². The Balaban J connectivity index is 1.62. The Hall–Kier alpha value is -4.24. The van der Waals surface area contributed by atoms with Crippen LogP contribution in [0.4, 0.5) is 4.39 Å². The van der Waals surface area contributed by atoms with Gasteiger partial charge in [0, 0.05) is 11.6 Å². The number of furan rings is 1. The first-order valence-electron chi connectivity index (χ1n) is 11.6. The molecule has 0 amide bonds. The van der Waals surface area contributed by atoms with Crippen LogP contribution < -0.4 is 19.6 Å². The first-order valence-corrected chi connectivity index (χ1v) is 12.4. The summed E-state index contributed by atoms with van der Waals surface area (Å²) in [7, 11) is 1.57. The largest absolute Gasteiger partial charge is 0.497 e. The van der Waals surface area contributed by atoms with Gasteiger partial charge >= 0.3 is 5.97 Å². The van der Waals surface area contributed by atoms with E-state index in [0.717, 1.165) is 11.1 Å². The molecule has 188 valence electrons. The molecular formula is C28H23FN2O5S. The molecule has 0 saturated heterocycles. The number of allylic oxidation sites excluding steroid dienone is 1. The third-order valence-corrected chi connectivity index (χ3v) is 6.96. The zero-order chi connectivity index (χ0) is 26.1. The molecule has 0 N–H and O–H groups in total. The molecular weight excluding hydrogens is 495 g/mol. The highest BCUT2D eigenvalue weighted by Gasteiger charge is 2.33. The van der Waals surface area contributed by atoms with Crippen LogP contribution in [0.15, 0.2) is 86.1 Å². The van der Waals surface area contributed by atoms with E-state index in [-0.39, 0.29) is 18.0 Å². The van der Waals surface area contributed by atoms with Crippen molar-refractivity contribution in [1.29, 1.82) is 0 Å². The Morgan fingerprint density at radius 2 is 1.86 bits per heavy atom. The number of benzene rings is 2. The smallest absolute Gasteiger partial charge is 0.338 e. The maximum Gasteiger partial charge on any atom is 0.338 e. The number of thiazole rings is 1. The Labute approximate surface area is 215 Å². The molecule has 1 atom stereocenters. The molecule has 0 bridgehead atoms. The van der Waals surface area contributed by atoms with Gasteiger partial charge in [0.2, 0.25) is 0 Å². The fraction of sp³-hybridized carbons (Fsp3) is 0.179. The standard InChI is InChI=1S/C28H23FN2O5S/c1-4-35-27(33)24-16(2)30-28-31(25(24)18-7-11-20(34-3)12-8-18)26(32)23(37-28)15-21-13-14-22(36-21)17-5-9-19(29)10-6-17/h5-15,25H,4H2,1-3H3/b23-15+. The highest BCUT2D eigenvalue weighted by atomic mass is 32.1. The second-order valence-electron chi connectivity index (χ2n) is 8.28. The number of methoxy groups -OCH3 is 1. The van der Waals surface area contributed by atoms with Crippen molar-refractivity contribution in [2.45, 2.75) is 19.9 Å². The van der Waals surface area contributed by atoms with Crippen molar-refractivity contribution in [3.63, 3.8) is 0 Å². The summed E-state index contributed by atoms with van der Waals surface area (Å²) < 4.78 is 31.7. The molecule has 0 fully saturated rings. The number of carbonyl (C=O) groups excluding carboxylic acids is 1. The molecule has 0 spiro atoms. The predicted octanol–water partition coefficient (Wildman–Crippen LogP) is 4.21. The van der Waals surface area contributed by atoms with Gasteiger partial charge in [0.15, 0.2) is 4.80 Å². The zero-order valence-electron chi connectivity index (χ0n) is 20.4. The van der Waals surface area contributed by atoms with Crippen LogP contribution in [0.2, 0.25) is 0 Å². The van der Waals surface area contributed by atoms with Gasteiger partial charge in [-0.05, 0) is 67.9 Å². The van der Waals surface area contributed by atoms with Crippen LogP contribution in [0, 0.1) is 5.82 Å². The molecule has 1 aliphatic heterocycles.